The Hall–Kier alpha value is -3.57. The Morgan fingerprint density at radius 2 is 2.03 bits per heavy atom. The van der Waals surface area contributed by atoms with Crippen LogP contribution in [0.15, 0.2) is 36.8 Å². The number of anilines is 1. The van der Waals surface area contributed by atoms with Gasteiger partial charge in [-0.25, -0.2) is 15.0 Å². The van der Waals surface area contributed by atoms with Crippen molar-refractivity contribution in [2.45, 2.75) is 24.9 Å². The quantitative estimate of drug-likeness (QED) is 0.549. The van der Waals surface area contributed by atoms with Crippen LogP contribution in [0.1, 0.15) is 30.1 Å². The summed E-state index contributed by atoms with van der Waals surface area (Å²) >= 11 is 0. The molecule has 0 bridgehead atoms. The SMILES string of the molecule is FC(F)(F)c1ccc2ncc(-c3nccc(N4CCCC(c5nn[nH]n5)C4)n3)n2c1. The van der Waals surface area contributed by atoms with Crippen LogP contribution in [0.5, 0.6) is 0 Å². The number of fused-ring (bicyclic) bond motifs is 1. The Morgan fingerprint density at radius 1 is 1.13 bits per heavy atom. The zero-order valence-electron chi connectivity index (χ0n) is 15.6. The number of halogens is 3. The van der Waals surface area contributed by atoms with Gasteiger partial charge in [0.05, 0.1) is 11.8 Å². The molecule has 9 nitrogen and oxygen atoms in total. The molecule has 154 valence electrons. The van der Waals surface area contributed by atoms with Crippen LogP contribution in [0, 0.1) is 0 Å². The molecule has 1 N–H and O–H groups in total. The number of hydrogen-bond acceptors (Lipinski definition) is 7. The van der Waals surface area contributed by atoms with Crippen molar-refractivity contribution in [2.24, 2.45) is 0 Å². The number of H-pyrrole nitrogens is 1. The van der Waals surface area contributed by atoms with Gasteiger partial charge < -0.3 is 4.90 Å². The lowest BCUT2D eigenvalue weighted by atomic mass is 9.97. The fraction of sp³-hybridized carbons (Fsp3) is 0.333. The predicted molar refractivity (Wildman–Crippen MR) is 99.6 cm³/mol. The van der Waals surface area contributed by atoms with Crippen LogP contribution in [-0.4, -0.2) is 53.1 Å². The molecule has 1 saturated heterocycles. The highest BCUT2D eigenvalue weighted by molar-refractivity contribution is 5.59. The van der Waals surface area contributed by atoms with E-state index in [4.69, 9.17) is 0 Å². The first-order chi connectivity index (χ1) is 14.5. The number of aromatic amines is 1. The molecule has 0 saturated carbocycles. The Kier molecular flexibility index (Phi) is 4.33. The largest absolute Gasteiger partial charge is 0.417 e. The highest BCUT2D eigenvalue weighted by Gasteiger charge is 2.31. The van der Waals surface area contributed by atoms with E-state index in [0.29, 0.717) is 35.4 Å². The van der Waals surface area contributed by atoms with Gasteiger partial charge in [-0.05, 0) is 31.0 Å². The standard InChI is InChI=1S/C18H16F3N9/c19-18(20,21)12-3-4-14-23-8-13(30(14)10-12)17-22-6-5-15(24-17)29-7-1-2-11(9-29)16-25-27-28-26-16/h3-6,8,10-11H,1-2,7,9H2,(H,25,26,27,28). The molecular weight excluding hydrogens is 399 g/mol. The lowest BCUT2D eigenvalue weighted by Gasteiger charge is -2.32. The van der Waals surface area contributed by atoms with Crippen molar-refractivity contribution >= 4 is 11.5 Å². The number of tetrazole rings is 1. The second-order valence-electron chi connectivity index (χ2n) is 7.08. The van der Waals surface area contributed by atoms with Gasteiger partial charge in [-0.3, -0.25) is 4.40 Å². The van der Waals surface area contributed by atoms with Gasteiger partial charge in [-0.1, -0.05) is 5.21 Å². The van der Waals surface area contributed by atoms with E-state index in [1.54, 1.807) is 12.3 Å². The second kappa shape index (κ2) is 7.04. The molecule has 1 unspecified atom stereocenters. The van der Waals surface area contributed by atoms with Gasteiger partial charge in [0, 0.05) is 31.4 Å². The Balaban J connectivity index is 1.48. The molecule has 30 heavy (non-hydrogen) atoms. The number of imidazole rings is 1. The first-order valence-corrected chi connectivity index (χ1v) is 9.35. The highest BCUT2D eigenvalue weighted by atomic mass is 19.4. The molecule has 1 atom stereocenters. The summed E-state index contributed by atoms with van der Waals surface area (Å²) in [6.07, 6.45) is 1.53. The van der Waals surface area contributed by atoms with E-state index in [1.807, 2.05) is 0 Å². The van der Waals surface area contributed by atoms with E-state index in [9.17, 15) is 13.2 Å². The normalized spacial score (nSPS) is 17.6. The average molecular weight is 415 g/mol. The van der Waals surface area contributed by atoms with Crippen LogP contribution in [0.2, 0.25) is 0 Å². The number of piperidine rings is 1. The molecule has 0 aliphatic carbocycles. The summed E-state index contributed by atoms with van der Waals surface area (Å²) in [6, 6.07) is 4.12. The molecule has 1 aliphatic rings. The molecular formula is C18H16F3N9. The zero-order valence-corrected chi connectivity index (χ0v) is 15.6. The minimum absolute atomic E-state index is 0.126. The highest BCUT2D eigenvalue weighted by Crippen LogP contribution is 2.31. The molecule has 5 heterocycles. The third kappa shape index (κ3) is 3.33. The van der Waals surface area contributed by atoms with Gasteiger partial charge in [0.25, 0.3) is 0 Å². The van der Waals surface area contributed by atoms with Crippen LogP contribution < -0.4 is 4.90 Å². The summed E-state index contributed by atoms with van der Waals surface area (Å²) in [4.78, 5) is 15.2. The van der Waals surface area contributed by atoms with E-state index in [-0.39, 0.29) is 5.92 Å². The summed E-state index contributed by atoms with van der Waals surface area (Å²) in [5.41, 5.74) is 0.0243. The number of rotatable bonds is 3. The van der Waals surface area contributed by atoms with Crippen molar-refractivity contribution in [1.82, 2.24) is 40.0 Å². The third-order valence-corrected chi connectivity index (χ3v) is 5.18. The van der Waals surface area contributed by atoms with Gasteiger partial charge in [0.1, 0.15) is 17.2 Å². The van der Waals surface area contributed by atoms with Crippen molar-refractivity contribution in [3.63, 3.8) is 0 Å². The number of nitrogens with zero attached hydrogens (tertiary/aromatic N) is 8. The molecule has 0 amide bonds. The van der Waals surface area contributed by atoms with E-state index < -0.39 is 11.7 Å². The molecule has 4 aromatic rings. The topological polar surface area (TPSA) is 101 Å². The van der Waals surface area contributed by atoms with Crippen molar-refractivity contribution < 1.29 is 13.2 Å². The van der Waals surface area contributed by atoms with Gasteiger partial charge in [-0.15, -0.1) is 10.2 Å². The Bertz CT molecular complexity index is 1170. The lowest BCUT2D eigenvalue weighted by molar-refractivity contribution is -0.137. The molecule has 1 fully saturated rings. The minimum atomic E-state index is -4.45. The second-order valence-corrected chi connectivity index (χ2v) is 7.08. The molecule has 12 heteroatoms. The summed E-state index contributed by atoms with van der Waals surface area (Å²) in [5.74, 6) is 1.78. The molecule has 0 spiro atoms. The number of pyridine rings is 1. The number of hydrogen-bond donors (Lipinski definition) is 1. The van der Waals surface area contributed by atoms with Gasteiger partial charge in [-0.2, -0.15) is 18.4 Å². The fourth-order valence-corrected chi connectivity index (χ4v) is 3.70. The molecule has 5 rings (SSSR count). The zero-order chi connectivity index (χ0) is 20.7. The van der Waals surface area contributed by atoms with Crippen molar-refractivity contribution in [2.75, 3.05) is 18.0 Å². The van der Waals surface area contributed by atoms with E-state index in [1.165, 1.54) is 16.7 Å². The first kappa shape index (κ1) is 18.5. The van der Waals surface area contributed by atoms with Gasteiger partial charge >= 0.3 is 6.18 Å². The summed E-state index contributed by atoms with van der Waals surface area (Å²) in [6.45, 7) is 1.47. The lowest BCUT2D eigenvalue weighted by Crippen LogP contribution is -2.35. The first-order valence-electron chi connectivity index (χ1n) is 9.35. The van der Waals surface area contributed by atoms with Crippen LogP contribution in [0.4, 0.5) is 19.0 Å². The van der Waals surface area contributed by atoms with E-state index >= 15 is 0 Å². The summed E-state index contributed by atoms with van der Waals surface area (Å²) in [5, 5.41) is 14.3. The number of aromatic nitrogens is 8. The average Bonchev–Trinajstić information content (AvgIpc) is 3.43. The maximum Gasteiger partial charge on any atom is 0.417 e. The van der Waals surface area contributed by atoms with Crippen molar-refractivity contribution in [3.05, 3.63) is 48.2 Å². The van der Waals surface area contributed by atoms with Crippen molar-refractivity contribution in [3.8, 4) is 11.5 Å². The smallest absolute Gasteiger partial charge is 0.356 e. The monoisotopic (exact) mass is 415 g/mol. The maximum absolute atomic E-state index is 13.1. The molecule has 4 aromatic heterocycles. The number of alkyl halides is 3. The van der Waals surface area contributed by atoms with Crippen LogP contribution in [0.25, 0.3) is 17.2 Å². The van der Waals surface area contributed by atoms with Gasteiger partial charge in [0.15, 0.2) is 11.6 Å². The van der Waals surface area contributed by atoms with E-state index in [2.05, 4.69) is 40.5 Å². The molecule has 0 aromatic carbocycles. The Labute approximate surface area is 168 Å². The molecule has 0 radical (unpaired) electrons. The fourth-order valence-electron chi connectivity index (χ4n) is 3.70. The van der Waals surface area contributed by atoms with Crippen LogP contribution >= 0.6 is 0 Å². The Morgan fingerprint density at radius 3 is 2.83 bits per heavy atom. The maximum atomic E-state index is 13.1. The minimum Gasteiger partial charge on any atom is -0.356 e. The predicted octanol–water partition coefficient (Wildman–Crippen LogP) is 2.71. The summed E-state index contributed by atoms with van der Waals surface area (Å²) < 4.78 is 40.7. The number of nitrogens with one attached hydrogen (secondary N) is 1. The summed E-state index contributed by atoms with van der Waals surface area (Å²) in [7, 11) is 0. The van der Waals surface area contributed by atoms with Crippen LogP contribution in [0.3, 0.4) is 0 Å². The van der Waals surface area contributed by atoms with Crippen molar-refractivity contribution in [1.29, 1.82) is 0 Å². The van der Waals surface area contributed by atoms with E-state index in [0.717, 1.165) is 31.6 Å². The third-order valence-electron chi connectivity index (χ3n) is 5.18. The van der Waals surface area contributed by atoms with Crippen LogP contribution in [-0.2, 0) is 6.18 Å². The molecule has 1 aliphatic heterocycles. The van der Waals surface area contributed by atoms with Gasteiger partial charge in [0.2, 0.25) is 0 Å².